The average Bonchev–Trinajstić information content (AvgIpc) is 3.38. The predicted molar refractivity (Wildman–Crippen MR) is 263 cm³/mol. The highest BCUT2D eigenvalue weighted by Crippen LogP contribution is 2.51. The van der Waals surface area contributed by atoms with E-state index < -0.39 is 11.9 Å². The molecule has 0 fully saturated rings. The minimum Gasteiger partial charge on any atom is -0.496 e. The number of hydrogen-bond acceptors (Lipinski definition) is 14. The number of carbonyl (C=O) groups excluding carboxylic acids is 3. The summed E-state index contributed by atoms with van der Waals surface area (Å²) in [6.45, 7) is 3.30. The number of carbonyl (C=O) groups is 3. The molecule has 0 N–H and O–H groups in total. The van der Waals surface area contributed by atoms with E-state index in [-0.39, 0.29) is 25.3 Å². The van der Waals surface area contributed by atoms with Gasteiger partial charge in [0.1, 0.15) is 17.8 Å². The Morgan fingerprint density at radius 3 is 1.54 bits per heavy atom. The lowest BCUT2D eigenvalue weighted by Gasteiger charge is -2.46. The van der Waals surface area contributed by atoms with Crippen LogP contribution < -0.4 is 42.6 Å². The minimum atomic E-state index is -0.634. The highest BCUT2D eigenvalue weighted by molar-refractivity contribution is 5.91. The number of hydrogen-bond donors (Lipinski definition) is 0. The van der Waals surface area contributed by atoms with E-state index in [0.29, 0.717) is 105 Å². The van der Waals surface area contributed by atoms with Crippen LogP contribution in [-0.2, 0) is 44.7 Å². The largest absolute Gasteiger partial charge is 0.496 e. The smallest absolute Gasteiger partial charge is 0.331 e. The standard InChI is InChI=1S/C54H70N2O14/c1-55(22-18-37-31-44(61-4)45(62-5)33-40(37)41(55)28-36-29-46(63-6)52(66-9)47(30-36)64-7)20-12-24-69-49(58)16-17-50(59)70-25-13-21-56(2)23-19-38-32-48(65-8)53(67-10)54(68-11)51(38)42(56)27-35-14-15-43(60-3)39(26-35)34-57/h14-17,26,29-34,41-42H,12-13,18-25,27-28H2,1-11H3/q+2/b17-16+. The quantitative estimate of drug-likeness (QED) is 0.0227. The Balaban J connectivity index is 1.07. The van der Waals surface area contributed by atoms with Crippen molar-refractivity contribution in [1.82, 2.24) is 0 Å². The van der Waals surface area contributed by atoms with E-state index in [1.54, 1.807) is 64.0 Å². The third kappa shape index (κ3) is 11.5. The Hall–Kier alpha value is -6.65. The van der Waals surface area contributed by atoms with Crippen molar-refractivity contribution in [3.8, 4) is 51.7 Å². The lowest BCUT2D eigenvalue weighted by Crippen LogP contribution is -2.52. The van der Waals surface area contributed by atoms with Crippen molar-refractivity contribution in [2.75, 3.05) is 117 Å². The first-order valence-corrected chi connectivity index (χ1v) is 23.4. The number of fused-ring (bicyclic) bond motifs is 2. The topological polar surface area (TPSA) is 153 Å². The fourth-order valence-corrected chi connectivity index (χ4v) is 10.3. The van der Waals surface area contributed by atoms with Gasteiger partial charge in [-0.2, -0.15) is 0 Å². The molecular weight excluding hydrogens is 901 g/mol. The van der Waals surface area contributed by atoms with Crippen LogP contribution in [0.25, 0.3) is 0 Å². The number of esters is 2. The second kappa shape index (κ2) is 23.8. The maximum Gasteiger partial charge on any atom is 0.331 e. The van der Waals surface area contributed by atoms with Crippen LogP contribution in [0, 0.1) is 0 Å². The van der Waals surface area contributed by atoms with Crippen LogP contribution in [0.4, 0.5) is 0 Å². The maximum absolute atomic E-state index is 12.9. The van der Waals surface area contributed by atoms with Crippen molar-refractivity contribution >= 4 is 18.2 Å². The van der Waals surface area contributed by atoms with E-state index in [2.05, 4.69) is 26.2 Å². The van der Waals surface area contributed by atoms with E-state index in [0.717, 1.165) is 72.2 Å². The molecule has 16 nitrogen and oxygen atoms in total. The van der Waals surface area contributed by atoms with Crippen LogP contribution in [0.5, 0.6) is 51.7 Å². The summed E-state index contributed by atoms with van der Waals surface area (Å²) < 4.78 is 63.8. The van der Waals surface area contributed by atoms with E-state index in [1.807, 2.05) is 36.4 Å². The van der Waals surface area contributed by atoms with Crippen LogP contribution in [0.2, 0.25) is 0 Å². The van der Waals surface area contributed by atoms with Crippen molar-refractivity contribution in [1.29, 1.82) is 0 Å². The van der Waals surface area contributed by atoms with Gasteiger partial charge in [-0.25, -0.2) is 9.59 Å². The molecule has 0 saturated carbocycles. The van der Waals surface area contributed by atoms with Gasteiger partial charge in [0.2, 0.25) is 11.5 Å². The molecule has 4 aromatic carbocycles. The summed E-state index contributed by atoms with van der Waals surface area (Å²) in [7, 11) is 18.8. The molecule has 0 saturated heterocycles. The Morgan fingerprint density at radius 2 is 1.01 bits per heavy atom. The molecule has 6 rings (SSSR count). The first-order valence-electron chi connectivity index (χ1n) is 23.4. The summed E-state index contributed by atoms with van der Waals surface area (Å²) in [4.78, 5) is 37.8. The maximum atomic E-state index is 12.9. The van der Waals surface area contributed by atoms with Crippen LogP contribution in [0.3, 0.4) is 0 Å². The van der Waals surface area contributed by atoms with E-state index in [4.69, 9.17) is 52.1 Å². The molecule has 2 aliphatic rings. The molecule has 4 unspecified atom stereocenters. The molecule has 0 amide bonds. The summed E-state index contributed by atoms with van der Waals surface area (Å²) in [6.07, 6.45) is 6.96. The molecule has 2 heterocycles. The van der Waals surface area contributed by atoms with Gasteiger partial charge in [-0.05, 0) is 64.7 Å². The van der Waals surface area contributed by atoms with Crippen molar-refractivity contribution < 1.29 is 75.5 Å². The number of likely N-dealkylation sites (N-methyl/N-ethyl adjacent to an activating group) is 2. The van der Waals surface area contributed by atoms with Crippen molar-refractivity contribution in [2.24, 2.45) is 0 Å². The Kier molecular flexibility index (Phi) is 17.9. The lowest BCUT2D eigenvalue weighted by molar-refractivity contribution is -0.941. The number of ether oxygens (including phenoxy) is 11. The Morgan fingerprint density at radius 1 is 0.529 bits per heavy atom. The van der Waals surface area contributed by atoms with Crippen molar-refractivity contribution in [2.45, 2.75) is 50.6 Å². The summed E-state index contributed by atoms with van der Waals surface area (Å²) in [5.41, 5.74) is 6.87. The van der Waals surface area contributed by atoms with Gasteiger partial charge < -0.3 is 61.1 Å². The molecule has 0 spiro atoms. The molecule has 70 heavy (non-hydrogen) atoms. The van der Waals surface area contributed by atoms with Crippen LogP contribution in [0.15, 0.2) is 60.7 Å². The van der Waals surface area contributed by atoms with Crippen LogP contribution >= 0.6 is 0 Å². The zero-order valence-electron chi connectivity index (χ0n) is 42.6. The molecule has 0 radical (unpaired) electrons. The number of rotatable bonds is 24. The van der Waals surface area contributed by atoms with Crippen molar-refractivity contribution in [3.63, 3.8) is 0 Å². The SMILES string of the molecule is COc1ccc(CC2c3c(cc(OC)c(OC)c3OC)CC[N+]2(C)CCCOC(=O)/C=C/C(=O)OCCC[N+]2(C)CCc3cc(OC)c(OC)cc3C2Cc2cc(OC)c(OC)c(OC)c2)cc1C=O. The molecule has 378 valence electrons. The summed E-state index contributed by atoms with van der Waals surface area (Å²) >= 11 is 0. The zero-order chi connectivity index (χ0) is 50.6. The summed E-state index contributed by atoms with van der Waals surface area (Å²) in [5.74, 6) is 3.97. The molecule has 4 atom stereocenters. The van der Waals surface area contributed by atoms with Gasteiger partial charge in [0.15, 0.2) is 40.8 Å². The third-order valence-electron chi connectivity index (χ3n) is 14.1. The average molecular weight is 971 g/mol. The first kappa shape index (κ1) is 52.7. The normalized spacial score (nSPS) is 19.2. The summed E-state index contributed by atoms with van der Waals surface area (Å²) in [5, 5.41) is 0. The van der Waals surface area contributed by atoms with Gasteiger partial charge >= 0.3 is 11.9 Å². The zero-order valence-corrected chi connectivity index (χ0v) is 42.6. The van der Waals surface area contributed by atoms with Gasteiger partial charge in [-0.1, -0.05) is 6.07 Å². The van der Waals surface area contributed by atoms with Crippen LogP contribution in [0.1, 0.15) is 68.7 Å². The minimum absolute atomic E-state index is 0.00140. The number of methoxy groups -OCH3 is 9. The number of benzene rings is 4. The second-order valence-corrected chi connectivity index (χ2v) is 18.0. The fourth-order valence-electron chi connectivity index (χ4n) is 10.3. The van der Waals surface area contributed by atoms with Crippen LogP contribution in [-0.4, -0.2) is 145 Å². The first-order chi connectivity index (χ1) is 33.8. The number of aldehydes is 1. The van der Waals surface area contributed by atoms with Crippen molar-refractivity contribution in [3.05, 3.63) is 99.6 Å². The molecule has 2 aliphatic heterocycles. The van der Waals surface area contributed by atoms with Gasteiger partial charge in [0.25, 0.3) is 0 Å². The predicted octanol–water partition coefficient (Wildman–Crippen LogP) is 7.27. The number of nitrogens with zero attached hydrogens (tertiary/aromatic N) is 2. The third-order valence-corrected chi connectivity index (χ3v) is 14.1. The highest BCUT2D eigenvalue weighted by atomic mass is 16.5. The van der Waals surface area contributed by atoms with Gasteiger partial charge in [0, 0.05) is 56.2 Å². The Labute approximate surface area is 412 Å². The van der Waals surface area contributed by atoms with Gasteiger partial charge in [-0.15, -0.1) is 0 Å². The van der Waals surface area contributed by atoms with E-state index >= 15 is 0 Å². The van der Waals surface area contributed by atoms with E-state index in [1.165, 1.54) is 5.56 Å². The Bertz CT molecular complexity index is 2500. The number of quaternary nitrogens is 2. The summed E-state index contributed by atoms with van der Waals surface area (Å²) in [6, 6.07) is 15.6. The highest BCUT2D eigenvalue weighted by Gasteiger charge is 2.43. The molecular formula is C54H70N2O14+2. The molecule has 0 aromatic heterocycles. The van der Waals surface area contributed by atoms with Gasteiger partial charge in [-0.3, -0.25) is 4.79 Å². The molecule has 4 aromatic rings. The lowest BCUT2D eigenvalue weighted by atomic mass is 9.85. The molecule has 0 aliphatic carbocycles. The molecule has 0 bridgehead atoms. The second-order valence-electron chi connectivity index (χ2n) is 18.0. The fraction of sp³-hybridized carbons (Fsp3) is 0.463. The van der Waals surface area contributed by atoms with E-state index in [9.17, 15) is 14.4 Å². The monoisotopic (exact) mass is 970 g/mol. The van der Waals surface area contributed by atoms with Gasteiger partial charge in [0.05, 0.1) is 129 Å². The molecule has 16 heteroatoms.